The molecule has 2 aromatic carbocycles. The first kappa shape index (κ1) is 23.7. The van der Waals surface area contributed by atoms with Gasteiger partial charge in [0.1, 0.15) is 17.2 Å². The number of aromatic nitrogens is 4. The monoisotopic (exact) mass is 505 g/mol. The van der Waals surface area contributed by atoms with Crippen LogP contribution in [-0.2, 0) is 4.74 Å². The fourth-order valence-corrected chi connectivity index (χ4v) is 4.44. The highest BCUT2D eigenvalue weighted by atomic mass is 35.5. The summed E-state index contributed by atoms with van der Waals surface area (Å²) in [6.45, 7) is 3.71. The highest BCUT2D eigenvalue weighted by Gasteiger charge is 2.25. The van der Waals surface area contributed by atoms with Crippen LogP contribution in [0.4, 0.5) is 11.8 Å². The number of ether oxygens (including phenoxy) is 1. The molecule has 0 aliphatic carbocycles. The average Bonchev–Trinajstić information content (AvgIpc) is 2.89. The molecular weight excluding hydrogens is 482 g/mol. The SMILES string of the molecule is CC(Nc1nc(N)ncc1C(=O)N1CCOCC1)c1nc2cccc(Cl)c2c(=O)n1-c1ccccc1. The number of nitrogens with zero attached hydrogens (tertiary/aromatic N) is 5. The van der Waals surface area contributed by atoms with E-state index in [1.807, 2.05) is 37.3 Å². The number of halogens is 1. The number of anilines is 2. The zero-order valence-electron chi connectivity index (χ0n) is 19.5. The number of nitrogens with two attached hydrogens (primary N) is 1. The van der Waals surface area contributed by atoms with Gasteiger partial charge in [0, 0.05) is 19.3 Å². The summed E-state index contributed by atoms with van der Waals surface area (Å²) in [7, 11) is 0. The van der Waals surface area contributed by atoms with E-state index >= 15 is 0 Å². The van der Waals surface area contributed by atoms with Crippen LogP contribution in [0.2, 0.25) is 5.02 Å². The van der Waals surface area contributed by atoms with Crippen LogP contribution < -0.4 is 16.6 Å². The molecule has 4 aromatic rings. The van der Waals surface area contributed by atoms with Gasteiger partial charge in [0.25, 0.3) is 11.5 Å². The lowest BCUT2D eigenvalue weighted by molar-refractivity contribution is 0.0303. The molecule has 1 aliphatic rings. The summed E-state index contributed by atoms with van der Waals surface area (Å²) in [5.41, 5.74) is 6.94. The average molecular weight is 506 g/mol. The number of nitrogen functional groups attached to an aromatic ring is 1. The lowest BCUT2D eigenvalue weighted by Crippen LogP contribution is -2.41. The Hall–Kier alpha value is -4.02. The molecule has 3 N–H and O–H groups in total. The Morgan fingerprint density at radius 1 is 1.11 bits per heavy atom. The van der Waals surface area contributed by atoms with Crippen molar-refractivity contribution in [2.75, 3.05) is 37.4 Å². The normalized spacial score (nSPS) is 14.6. The minimum Gasteiger partial charge on any atom is -0.378 e. The Labute approximate surface area is 211 Å². The molecule has 1 fully saturated rings. The third-order valence-electron chi connectivity index (χ3n) is 5.96. The van der Waals surface area contributed by atoms with Gasteiger partial charge in [-0.1, -0.05) is 35.9 Å². The molecule has 1 unspecified atom stereocenters. The summed E-state index contributed by atoms with van der Waals surface area (Å²) in [4.78, 5) is 41.7. The maximum absolute atomic E-state index is 13.7. The van der Waals surface area contributed by atoms with Gasteiger partial charge in [-0.2, -0.15) is 4.98 Å². The number of para-hydroxylation sites is 1. The van der Waals surface area contributed by atoms with E-state index in [4.69, 9.17) is 27.1 Å². The maximum atomic E-state index is 13.7. The third kappa shape index (κ3) is 4.48. The summed E-state index contributed by atoms with van der Waals surface area (Å²) < 4.78 is 6.87. The number of carbonyl (C=O) groups is 1. The van der Waals surface area contributed by atoms with Gasteiger partial charge >= 0.3 is 0 Å². The van der Waals surface area contributed by atoms with Gasteiger partial charge in [-0.15, -0.1) is 0 Å². The van der Waals surface area contributed by atoms with Crippen molar-refractivity contribution in [2.45, 2.75) is 13.0 Å². The standard InChI is InChI=1S/C25H24ClN7O3/c1-15(29-21-17(14-28-25(27)31-21)23(34)32-10-12-36-13-11-32)22-30-19-9-5-8-18(26)20(19)24(35)33(22)16-6-3-2-4-7-16/h2-9,14-15H,10-13H2,1H3,(H3,27,28,29,31). The molecule has 10 nitrogen and oxygen atoms in total. The zero-order chi connectivity index (χ0) is 25.2. The largest absolute Gasteiger partial charge is 0.378 e. The third-order valence-corrected chi connectivity index (χ3v) is 6.28. The number of morpholine rings is 1. The fourth-order valence-electron chi connectivity index (χ4n) is 4.19. The van der Waals surface area contributed by atoms with Gasteiger partial charge in [-0.25, -0.2) is 9.97 Å². The van der Waals surface area contributed by atoms with Crippen LogP contribution in [0.5, 0.6) is 0 Å². The van der Waals surface area contributed by atoms with Gasteiger partial charge in [0.2, 0.25) is 5.95 Å². The molecule has 0 bridgehead atoms. The van der Waals surface area contributed by atoms with Crippen LogP contribution in [-0.4, -0.2) is 56.6 Å². The maximum Gasteiger partial charge on any atom is 0.267 e. The van der Waals surface area contributed by atoms with E-state index in [0.29, 0.717) is 53.7 Å². The molecule has 0 radical (unpaired) electrons. The Morgan fingerprint density at radius 3 is 2.61 bits per heavy atom. The van der Waals surface area contributed by atoms with Crippen molar-refractivity contribution in [2.24, 2.45) is 0 Å². The van der Waals surface area contributed by atoms with Crippen LogP contribution in [0.3, 0.4) is 0 Å². The molecule has 2 aromatic heterocycles. The van der Waals surface area contributed by atoms with E-state index in [9.17, 15) is 9.59 Å². The molecule has 1 aliphatic heterocycles. The first-order valence-electron chi connectivity index (χ1n) is 11.5. The van der Waals surface area contributed by atoms with E-state index in [1.54, 1.807) is 23.1 Å². The lowest BCUT2D eigenvalue weighted by atomic mass is 10.2. The number of hydrogen-bond acceptors (Lipinski definition) is 8. The van der Waals surface area contributed by atoms with Crippen molar-refractivity contribution in [1.82, 2.24) is 24.4 Å². The molecular formula is C25H24ClN7O3. The second kappa shape index (κ2) is 9.92. The van der Waals surface area contributed by atoms with Crippen LogP contribution in [0, 0.1) is 0 Å². The van der Waals surface area contributed by atoms with E-state index in [1.165, 1.54) is 10.8 Å². The topological polar surface area (TPSA) is 128 Å². The van der Waals surface area contributed by atoms with Gasteiger partial charge < -0.3 is 20.7 Å². The summed E-state index contributed by atoms with van der Waals surface area (Å²) in [6, 6.07) is 13.8. The summed E-state index contributed by atoms with van der Waals surface area (Å²) >= 11 is 6.38. The highest BCUT2D eigenvalue weighted by molar-refractivity contribution is 6.35. The van der Waals surface area contributed by atoms with Crippen LogP contribution in [0.1, 0.15) is 29.1 Å². The van der Waals surface area contributed by atoms with Gasteiger partial charge in [-0.3, -0.25) is 14.2 Å². The Kier molecular flexibility index (Phi) is 6.53. The molecule has 184 valence electrons. The number of carbonyl (C=O) groups excluding carboxylic acids is 1. The molecule has 1 amide bonds. The van der Waals surface area contributed by atoms with E-state index < -0.39 is 6.04 Å². The van der Waals surface area contributed by atoms with Gasteiger partial charge in [0.15, 0.2) is 0 Å². The van der Waals surface area contributed by atoms with Crippen molar-refractivity contribution in [3.63, 3.8) is 0 Å². The molecule has 0 saturated carbocycles. The molecule has 3 heterocycles. The minimum atomic E-state index is -0.549. The molecule has 5 rings (SSSR count). The number of fused-ring (bicyclic) bond motifs is 1. The molecule has 11 heteroatoms. The molecule has 1 saturated heterocycles. The Balaban J connectivity index is 1.60. The van der Waals surface area contributed by atoms with Crippen LogP contribution >= 0.6 is 11.6 Å². The van der Waals surface area contributed by atoms with Crippen molar-refractivity contribution in [1.29, 1.82) is 0 Å². The van der Waals surface area contributed by atoms with Crippen molar-refractivity contribution < 1.29 is 9.53 Å². The predicted octanol–water partition coefficient (Wildman–Crippen LogP) is 3.06. The van der Waals surface area contributed by atoms with Crippen molar-refractivity contribution in [3.05, 3.63) is 81.5 Å². The summed E-state index contributed by atoms with van der Waals surface area (Å²) in [6.07, 6.45) is 1.41. The van der Waals surface area contributed by atoms with Crippen molar-refractivity contribution in [3.8, 4) is 5.69 Å². The van der Waals surface area contributed by atoms with E-state index in [0.717, 1.165) is 0 Å². The second-order valence-corrected chi connectivity index (χ2v) is 8.75. The quantitative estimate of drug-likeness (QED) is 0.423. The summed E-state index contributed by atoms with van der Waals surface area (Å²) in [5, 5.41) is 3.89. The first-order chi connectivity index (χ1) is 17.4. The number of amides is 1. The molecule has 36 heavy (non-hydrogen) atoms. The smallest absolute Gasteiger partial charge is 0.267 e. The Morgan fingerprint density at radius 2 is 1.86 bits per heavy atom. The Bertz CT molecular complexity index is 1490. The zero-order valence-corrected chi connectivity index (χ0v) is 20.3. The highest BCUT2D eigenvalue weighted by Crippen LogP contribution is 2.26. The van der Waals surface area contributed by atoms with Gasteiger partial charge in [0.05, 0.1) is 40.9 Å². The van der Waals surface area contributed by atoms with Crippen molar-refractivity contribution >= 4 is 40.2 Å². The fraction of sp³-hybridized carbons (Fsp3) is 0.240. The summed E-state index contributed by atoms with van der Waals surface area (Å²) in [5.74, 6) is 0.461. The van der Waals surface area contributed by atoms with Crippen LogP contribution in [0.25, 0.3) is 16.6 Å². The molecule has 1 atom stereocenters. The second-order valence-electron chi connectivity index (χ2n) is 8.34. The first-order valence-corrected chi connectivity index (χ1v) is 11.8. The predicted molar refractivity (Wildman–Crippen MR) is 138 cm³/mol. The van der Waals surface area contributed by atoms with Gasteiger partial charge in [-0.05, 0) is 31.2 Å². The van der Waals surface area contributed by atoms with Crippen LogP contribution in [0.15, 0.2) is 59.5 Å². The number of hydrogen-bond donors (Lipinski definition) is 2. The van der Waals surface area contributed by atoms with E-state index in [2.05, 4.69) is 15.3 Å². The molecule has 0 spiro atoms. The number of nitrogens with one attached hydrogen (secondary N) is 1. The number of rotatable bonds is 5. The number of benzene rings is 2. The van der Waals surface area contributed by atoms with E-state index in [-0.39, 0.29) is 28.8 Å². The minimum absolute atomic E-state index is 0.0157. The lowest BCUT2D eigenvalue weighted by Gasteiger charge is -2.28.